The summed E-state index contributed by atoms with van der Waals surface area (Å²) in [6.45, 7) is 1.90. The lowest BCUT2D eigenvalue weighted by atomic mass is 10.6. The van der Waals surface area contributed by atoms with Crippen LogP contribution in [0.1, 0.15) is 1.43 Å². The van der Waals surface area contributed by atoms with Gasteiger partial charge in [-0.15, -0.1) is 0 Å². The van der Waals surface area contributed by atoms with Crippen LogP contribution in [0.15, 0.2) is 0 Å². The van der Waals surface area contributed by atoms with Gasteiger partial charge in [0.2, 0.25) is 0 Å². The summed E-state index contributed by atoms with van der Waals surface area (Å²) < 4.78 is 0. The highest BCUT2D eigenvalue weighted by atomic mass is 32.1. The summed E-state index contributed by atoms with van der Waals surface area (Å²) in [5.41, 5.74) is 0. The Balaban J connectivity index is 0. The number of thiocarbonyl (C=S) groups is 1. The Morgan fingerprint density at radius 3 is 2.60 bits per heavy atom. The molecule has 0 aliphatic rings. The summed E-state index contributed by atoms with van der Waals surface area (Å²) in [5.74, 6) is 0. The first-order chi connectivity index (χ1) is 4.66. The van der Waals surface area contributed by atoms with E-state index < -0.39 is 0 Å². The van der Waals surface area contributed by atoms with Gasteiger partial charge < -0.3 is 15.5 Å². The van der Waals surface area contributed by atoms with E-state index in [1.54, 1.807) is 0 Å². The first-order valence-corrected chi connectivity index (χ1v) is 3.68. The Kier molecular flexibility index (Phi) is 5.25. The maximum absolute atomic E-state index is 4.87. The lowest BCUT2D eigenvalue weighted by Gasteiger charge is -2.11. The summed E-state index contributed by atoms with van der Waals surface area (Å²) >= 11 is 4.87. The fourth-order valence-corrected chi connectivity index (χ4v) is 0.583. The minimum absolute atomic E-state index is 0. The molecule has 0 rings (SSSR count). The molecule has 0 saturated carbocycles. The van der Waals surface area contributed by atoms with E-state index in [4.69, 9.17) is 12.2 Å². The first kappa shape index (κ1) is 9.65. The molecule has 0 aromatic heterocycles. The van der Waals surface area contributed by atoms with Gasteiger partial charge in [-0.2, -0.15) is 0 Å². The van der Waals surface area contributed by atoms with Gasteiger partial charge in [-0.3, -0.25) is 0 Å². The highest BCUT2D eigenvalue weighted by molar-refractivity contribution is 7.80. The minimum atomic E-state index is 0. The van der Waals surface area contributed by atoms with Crippen LogP contribution in [0.5, 0.6) is 0 Å². The van der Waals surface area contributed by atoms with Crippen LogP contribution in [0.25, 0.3) is 0 Å². The lowest BCUT2D eigenvalue weighted by molar-refractivity contribution is 0.412. The van der Waals surface area contributed by atoms with E-state index in [2.05, 4.69) is 15.5 Å². The Hall–Kier alpha value is -0.350. The largest absolute Gasteiger partial charge is 0.366 e. The standard InChI is InChI=1S/C6H15N3S.H2/c1-7-6(10)8-4-5-9(2)3;/h4-5H2,1-3H3,(H2,7,8,10);1H. The van der Waals surface area contributed by atoms with E-state index in [-0.39, 0.29) is 1.43 Å². The molecule has 0 aliphatic heterocycles. The Bertz CT molecular complexity index is 108. The third-order valence-electron chi connectivity index (χ3n) is 1.07. The van der Waals surface area contributed by atoms with Crippen LogP contribution >= 0.6 is 12.2 Å². The first-order valence-electron chi connectivity index (χ1n) is 3.27. The average molecular weight is 163 g/mol. The zero-order valence-corrected chi connectivity index (χ0v) is 7.59. The van der Waals surface area contributed by atoms with Gasteiger partial charge in [0.1, 0.15) is 0 Å². The van der Waals surface area contributed by atoms with E-state index >= 15 is 0 Å². The fourth-order valence-electron chi connectivity index (χ4n) is 0.481. The number of likely N-dealkylation sites (N-methyl/N-ethyl adjacent to an activating group) is 1. The predicted molar refractivity (Wildman–Crippen MR) is 50.3 cm³/mol. The van der Waals surface area contributed by atoms with Crippen molar-refractivity contribution in [3.63, 3.8) is 0 Å². The molecule has 2 N–H and O–H groups in total. The number of rotatable bonds is 3. The highest BCUT2D eigenvalue weighted by Crippen LogP contribution is 1.70. The molecule has 0 unspecified atom stereocenters. The van der Waals surface area contributed by atoms with Crippen molar-refractivity contribution >= 4 is 17.3 Å². The summed E-state index contributed by atoms with van der Waals surface area (Å²) in [4.78, 5) is 2.10. The number of nitrogens with one attached hydrogen (secondary N) is 2. The quantitative estimate of drug-likeness (QED) is 0.568. The molecule has 0 aliphatic carbocycles. The Morgan fingerprint density at radius 1 is 1.60 bits per heavy atom. The normalized spacial score (nSPS) is 9.60. The minimum Gasteiger partial charge on any atom is -0.366 e. The third-order valence-corrected chi connectivity index (χ3v) is 1.42. The smallest absolute Gasteiger partial charge is 0.166 e. The average Bonchev–Trinajstić information content (AvgIpc) is 1.87. The van der Waals surface area contributed by atoms with Crippen molar-refractivity contribution in [2.75, 3.05) is 34.2 Å². The van der Waals surface area contributed by atoms with Crippen LogP contribution in [0.3, 0.4) is 0 Å². The zero-order chi connectivity index (χ0) is 7.98. The molecule has 0 amide bonds. The summed E-state index contributed by atoms with van der Waals surface area (Å²) in [5, 5.41) is 6.59. The van der Waals surface area contributed by atoms with Gasteiger partial charge in [0.05, 0.1) is 0 Å². The van der Waals surface area contributed by atoms with Gasteiger partial charge in [-0.1, -0.05) is 0 Å². The molecule has 0 radical (unpaired) electrons. The van der Waals surface area contributed by atoms with E-state index in [1.807, 2.05) is 21.1 Å². The van der Waals surface area contributed by atoms with Gasteiger partial charge in [-0.05, 0) is 26.3 Å². The van der Waals surface area contributed by atoms with Gasteiger partial charge >= 0.3 is 0 Å². The molecule has 0 atom stereocenters. The van der Waals surface area contributed by atoms with Crippen molar-refractivity contribution < 1.29 is 1.43 Å². The highest BCUT2D eigenvalue weighted by Gasteiger charge is 1.90. The van der Waals surface area contributed by atoms with Crippen LogP contribution in [-0.2, 0) is 0 Å². The molecule has 0 fully saturated rings. The van der Waals surface area contributed by atoms with Crippen molar-refractivity contribution in [3.05, 3.63) is 0 Å². The molecular formula is C6H17N3S. The molecule has 0 bridgehead atoms. The van der Waals surface area contributed by atoms with E-state index in [0.717, 1.165) is 13.1 Å². The molecule has 62 valence electrons. The molecule has 10 heavy (non-hydrogen) atoms. The lowest BCUT2D eigenvalue weighted by Crippen LogP contribution is -2.36. The molecule has 0 aromatic carbocycles. The number of nitrogens with zero attached hydrogens (tertiary/aromatic N) is 1. The summed E-state index contributed by atoms with van der Waals surface area (Å²) in [7, 11) is 5.87. The molecule has 4 heteroatoms. The fraction of sp³-hybridized carbons (Fsp3) is 0.833. The van der Waals surface area contributed by atoms with Gasteiger partial charge in [0.15, 0.2) is 5.11 Å². The van der Waals surface area contributed by atoms with Gasteiger partial charge in [0, 0.05) is 21.6 Å². The van der Waals surface area contributed by atoms with Crippen molar-refractivity contribution in [2.45, 2.75) is 0 Å². The molecule has 3 nitrogen and oxygen atoms in total. The topological polar surface area (TPSA) is 27.3 Å². The monoisotopic (exact) mass is 163 g/mol. The Labute approximate surface area is 69.3 Å². The predicted octanol–water partition coefficient (Wildman–Crippen LogP) is -0.112. The van der Waals surface area contributed by atoms with E-state index in [0.29, 0.717) is 5.11 Å². The third kappa shape index (κ3) is 5.78. The van der Waals surface area contributed by atoms with Crippen molar-refractivity contribution in [3.8, 4) is 0 Å². The second-order valence-corrected chi connectivity index (χ2v) is 2.72. The van der Waals surface area contributed by atoms with Crippen LogP contribution < -0.4 is 10.6 Å². The van der Waals surface area contributed by atoms with Crippen LogP contribution in [0.4, 0.5) is 0 Å². The molecular weight excluding hydrogens is 146 g/mol. The van der Waals surface area contributed by atoms with E-state index in [9.17, 15) is 0 Å². The second-order valence-electron chi connectivity index (χ2n) is 2.31. The maximum Gasteiger partial charge on any atom is 0.166 e. The Morgan fingerprint density at radius 2 is 2.20 bits per heavy atom. The molecule has 0 heterocycles. The second kappa shape index (κ2) is 5.44. The molecule has 0 aromatic rings. The van der Waals surface area contributed by atoms with Crippen molar-refractivity contribution in [1.82, 2.24) is 15.5 Å². The van der Waals surface area contributed by atoms with Crippen molar-refractivity contribution in [1.29, 1.82) is 0 Å². The maximum atomic E-state index is 4.87. The zero-order valence-electron chi connectivity index (χ0n) is 6.77. The number of hydrogen-bond acceptors (Lipinski definition) is 2. The number of hydrogen-bond donors (Lipinski definition) is 2. The van der Waals surface area contributed by atoms with Crippen LogP contribution in [-0.4, -0.2) is 44.2 Å². The van der Waals surface area contributed by atoms with Crippen LogP contribution in [0, 0.1) is 0 Å². The SMILES string of the molecule is CNC(=S)NCCN(C)C.[HH]. The van der Waals surface area contributed by atoms with E-state index in [1.165, 1.54) is 0 Å². The summed E-state index contributed by atoms with van der Waals surface area (Å²) in [6.07, 6.45) is 0. The van der Waals surface area contributed by atoms with Crippen molar-refractivity contribution in [2.24, 2.45) is 0 Å². The molecule has 0 spiro atoms. The van der Waals surface area contributed by atoms with Gasteiger partial charge in [0.25, 0.3) is 0 Å². The summed E-state index contributed by atoms with van der Waals surface area (Å²) in [6, 6.07) is 0. The van der Waals surface area contributed by atoms with Crippen LogP contribution in [0.2, 0.25) is 0 Å². The molecule has 0 saturated heterocycles. The van der Waals surface area contributed by atoms with Gasteiger partial charge in [-0.25, -0.2) is 0 Å².